The fourth-order valence-corrected chi connectivity index (χ4v) is 1.17. The highest BCUT2D eigenvalue weighted by molar-refractivity contribution is 5.86. The predicted molar refractivity (Wildman–Crippen MR) is 54.9 cm³/mol. The lowest BCUT2D eigenvalue weighted by molar-refractivity contribution is 0.0647. The molecular weight excluding hydrogens is 196 g/mol. The molecule has 1 rings (SSSR count). The van der Waals surface area contributed by atoms with Gasteiger partial charge in [0, 0.05) is 5.56 Å². The van der Waals surface area contributed by atoms with E-state index in [-0.39, 0.29) is 5.76 Å². The van der Waals surface area contributed by atoms with E-state index in [1.807, 2.05) is 0 Å². The molecule has 1 heterocycles. The molecule has 0 bridgehead atoms. The van der Waals surface area contributed by atoms with Crippen LogP contribution in [-0.4, -0.2) is 17.7 Å². The van der Waals surface area contributed by atoms with Gasteiger partial charge >= 0.3 is 5.97 Å². The summed E-state index contributed by atoms with van der Waals surface area (Å²) in [6.07, 6.45) is 2.53. The fraction of sp³-hybridized carbons (Fsp3) is 0.364. The molecule has 4 heteroatoms. The highest BCUT2D eigenvalue weighted by atomic mass is 16.5. The Morgan fingerprint density at radius 1 is 1.73 bits per heavy atom. The molecule has 0 aliphatic rings. The van der Waals surface area contributed by atoms with E-state index < -0.39 is 5.97 Å². The minimum Gasteiger partial charge on any atom is -0.475 e. The van der Waals surface area contributed by atoms with E-state index >= 15 is 0 Å². The van der Waals surface area contributed by atoms with E-state index in [2.05, 4.69) is 6.58 Å². The highest BCUT2D eigenvalue weighted by Crippen LogP contribution is 2.15. The predicted octanol–water partition coefficient (Wildman–Crippen LogP) is 2.38. The zero-order valence-corrected chi connectivity index (χ0v) is 8.66. The van der Waals surface area contributed by atoms with E-state index in [9.17, 15) is 4.79 Å². The van der Waals surface area contributed by atoms with E-state index in [0.29, 0.717) is 24.5 Å². The summed E-state index contributed by atoms with van der Waals surface area (Å²) in [6.45, 7) is 6.11. The molecule has 0 aliphatic heterocycles. The molecule has 1 N–H and O–H groups in total. The SMILES string of the molecule is C=CCCOCc1cc(C)c(C(=O)O)o1. The minimum absolute atomic E-state index is 0.0164. The third-order valence-corrected chi connectivity index (χ3v) is 1.87. The second-order valence-electron chi connectivity index (χ2n) is 3.16. The first-order valence-electron chi connectivity index (χ1n) is 4.66. The van der Waals surface area contributed by atoms with Crippen molar-refractivity contribution in [3.8, 4) is 0 Å². The third kappa shape index (κ3) is 3.25. The van der Waals surface area contributed by atoms with Gasteiger partial charge in [-0.15, -0.1) is 6.58 Å². The summed E-state index contributed by atoms with van der Waals surface area (Å²) in [6, 6.07) is 1.68. The third-order valence-electron chi connectivity index (χ3n) is 1.87. The van der Waals surface area contributed by atoms with Gasteiger partial charge in [0.25, 0.3) is 0 Å². The van der Waals surface area contributed by atoms with Crippen molar-refractivity contribution in [2.24, 2.45) is 0 Å². The van der Waals surface area contributed by atoms with Crippen LogP contribution >= 0.6 is 0 Å². The molecule has 0 radical (unpaired) electrons. The number of hydrogen-bond acceptors (Lipinski definition) is 3. The Bertz CT molecular complexity index is 351. The van der Waals surface area contributed by atoms with Crippen molar-refractivity contribution >= 4 is 5.97 Å². The highest BCUT2D eigenvalue weighted by Gasteiger charge is 2.13. The first-order valence-corrected chi connectivity index (χ1v) is 4.66. The first kappa shape index (κ1) is 11.5. The average molecular weight is 210 g/mol. The Hall–Kier alpha value is -1.55. The molecule has 15 heavy (non-hydrogen) atoms. The first-order chi connectivity index (χ1) is 7.15. The molecule has 0 aromatic carbocycles. The van der Waals surface area contributed by atoms with Crippen LogP contribution in [0.25, 0.3) is 0 Å². The largest absolute Gasteiger partial charge is 0.475 e. The van der Waals surface area contributed by atoms with Gasteiger partial charge in [-0.1, -0.05) is 6.08 Å². The van der Waals surface area contributed by atoms with Gasteiger partial charge in [-0.3, -0.25) is 0 Å². The van der Waals surface area contributed by atoms with Gasteiger partial charge < -0.3 is 14.3 Å². The van der Waals surface area contributed by atoms with Crippen molar-refractivity contribution in [1.82, 2.24) is 0 Å². The molecule has 0 spiro atoms. The van der Waals surface area contributed by atoms with Crippen LogP contribution in [0.5, 0.6) is 0 Å². The quantitative estimate of drug-likeness (QED) is 0.578. The van der Waals surface area contributed by atoms with Gasteiger partial charge in [0.1, 0.15) is 12.4 Å². The summed E-state index contributed by atoms with van der Waals surface area (Å²) in [7, 11) is 0. The molecule has 0 saturated carbocycles. The van der Waals surface area contributed by atoms with Crippen LogP contribution in [0.3, 0.4) is 0 Å². The Labute approximate surface area is 88.2 Å². The van der Waals surface area contributed by atoms with Gasteiger partial charge in [-0.25, -0.2) is 4.79 Å². The molecule has 0 aliphatic carbocycles. The molecule has 4 nitrogen and oxygen atoms in total. The Kier molecular flexibility index (Phi) is 4.12. The van der Waals surface area contributed by atoms with Crippen molar-refractivity contribution in [2.45, 2.75) is 20.0 Å². The second kappa shape index (κ2) is 5.36. The van der Waals surface area contributed by atoms with Crippen molar-refractivity contribution in [3.63, 3.8) is 0 Å². The van der Waals surface area contributed by atoms with Crippen LogP contribution < -0.4 is 0 Å². The van der Waals surface area contributed by atoms with E-state index in [1.54, 1.807) is 19.1 Å². The molecule has 0 atom stereocenters. The molecule has 1 aromatic heterocycles. The second-order valence-corrected chi connectivity index (χ2v) is 3.16. The summed E-state index contributed by atoms with van der Waals surface area (Å²) >= 11 is 0. The van der Waals surface area contributed by atoms with E-state index in [1.165, 1.54) is 0 Å². The standard InChI is InChI=1S/C11H14O4/c1-3-4-5-14-7-9-6-8(2)10(15-9)11(12)13/h3,6H,1,4-5,7H2,2H3,(H,12,13). The van der Waals surface area contributed by atoms with Crippen molar-refractivity contribution in [2.75, 3.05) is 6.61 Å². The summed E-state index contributed by atoms with van der Waals surface area (Å²) in [5.74, 6) is -0.531. The number of aromatic carboxylic acids is 1. The zero-order chi connectivity index (χ0) is 11.3. The number of ether oxygens (including phenoxy) is 1. The number of carboxylic acid groups (broad SMARTS) is 1. The molecule has 1 aromatic rings. The molecule has 82 valence electrons. The maximum absolute atomic E-state index is 10.7. The molecule has 0 amide bonds. The number of carbonyl (C=O) groups is 1. The van der Waals surface area contributed by atoms with E-state index in [0.717, 1.165) is 6.42 Å². The lowest BCUT2D eigenvalue weighted by Gasteiger charge is -1.98. The van der Waals surface area contributed by atoms with Gasteiger partial charge in [-0.05, 0) is 19.4 Å². The number of carboxylic acids is 1. The van der Waals surface area contributed by atoms with Crippen LogP contribution in [0, 0.1) is 6.92 Å². The molecular formula is C11H14O4. The van der Waals surface area contributed by atoms with Gasteiger partial charge in [0.05, 0.1) is 6.61 Å². The monoisotopic (exact) mass is 210 g/mol. The normalized spacial score (nSPS) is 10.2. The minimum atomic E-state index is -1.05. The Balaban J connectivity index is 2.52. The van der Waals surface area contributed by atoms with Crippen molar-refractivity contribution in [3.05, 3.63) is 35.8 Å². The summed E-state index contributed by atoms with van der Waals surface area (Å²) in [5, 5.41) is 8.74. The smallest absolute Gasteiger partial charge is 0.372 e. The van der Waals surface area contributed by atoms with Gasteiger partial charge in [-0.2, -0.15) is 0 Å². The number of furan rings is 1. The maximum atomic E-state index is 10.7. The van der Waals surface area contributed by atoms with Crippen LogP contribution in [-0.2, 0) is 11.3 Å². The number of aryl methyl sites for hydroxylation is 1. The topological polar surface area (TPSA) is 59.7 Å². The van der Waals surface area contributed by atoms with Crippen LogP contribution in [0.4, 0.5) is 0 Å². The zero-order valence-electron chi connectivity index (χ0n) is 8.66. The number of hydrogen-bond donors (Lipinski definition) is 1. The van der Waals surface area contributed by atoms with E-state index in [4.69, 9.17) is 14.3 Å². The number of rotatable bonds is 6. The summed E-state index contributed by atoms with van der Waals surface area (Å²) < 4.78 is 10.4. The maximum Gasteiger partial charge on any atom is 0.372 e. The molecule has 0 unspecified atom stereocenters. The molecule has 0 saturated heterocycles. The molecule has 0 fully saturated rings. The summed E-state index contributed by atoms with van der Waals surface area (Å²) in [4.78, 5) is 10.7. The lowest BCUT2D eigenvalue weighted by Crippen LogP contribution is -1.95. The Morgan fingerprint density at radius 3 is 3.00 bits per heavy atom. The van der Waals surface area contributed by atoms with Crippen molar-refractivity contribution < 1.29 is 19.1 Å². The van der Waals surface area contributed by atoms with Gasteiger partial charge in [0.15, 0.2) is 0 Å². The Morgan fingerprint density at radius 2 is 2.47 bits per heavy atom. The summed E-state index contributed by atoms with van der Waals surface area (Å²) in [5.41, 5.74) is 0.616. The van der Waals surface area contributed by atoms with Crippen LogP contribution in [0.1, 0.15) is 28.3 Å². The van der Waals surface area contributed by atoms with Gasteiger partial charge in [0.2, 0.25) is 5.76 Å². The average Bonchev–Trinajstić information content (AvgIpc) is 2.55. The van der Waals surface area contributed by atoms with Crippen LogP contribution in [0.2, 0.25) is 0 Å². The van der Waals surface area contributed by atoms with Crippen LogP contribution in [0.15, 0.2) is 23.1 Å². The fourth-order valence-electron chi connectivity index (χ4n) is 1.17. The lowest BCUT2D eigenvalue weighted by atomic mass is 10.3. The van der Waals surface area contributed by atoms with Crippen molar-refractivity contribution in [1.29, 1.82) is 0 Å².